The van der Waals surface area contributed by atoms with E-state index in [0.717, 1.165) is 21.3 Å². The van der Waals surface area contributed by atoms with Crippen molar-refractivity contribution in [1.29, 1.82) is 5.26 Å². The van der Waals surface area contributed by atoms with E-state index in [0.29, 0.717) is 17.9 Å². The highest BCUT2D eigenvalue weighted by atomic mass is 16.5. The Morgan fingerprint density at radius 3 is 2.33 bits per heavy atom. The highest BCUT2D eigenvalue weighted by Crippen LogP contribution is 2.24. The Hall–Kier alpha value is -4.05. The first-order chi connectivity index (χ1) is 15.8. The number of carbonyl (C=O) groups is 1. The SMILES string of the molecule is COc1ccc(CCn2c(O)c(C(=O)COc3ccc(C)c(C)c3)c(C)c(C#N)c2=O)cc1. The predicted molar refractivity (Wildman–Crippen MR) is 124 cm³/mol. The third-order valence-corrected chi connectivity index (χ3v) is 5.71. The maximum atomic E-state index is 13.0. The number of nitriles is 1. The molecule has 3 rings (SSSR count). The fourth-order valence-electron chi connectivity index (χ4n) is 3.55. The van der Waals surface area contributed by atoms with Crippen LogP contribution in [0.25, 0.3) is 0 Å². The number of aromatic hydroxyl groups is 1. The Morgan fingerprint density at radius 1 is 1.06 bits per heavy atom. The summed E-state index contributed by atoms with van der Waals surface area (Å²) < 4.78 is 11.8. The molecule has 33 heavy (non-hydrogen) atoms. The molecule has 0 bridgehead atoms. The van der Waals surface area contributed by atoms with Gasteiger partial charge < -0.3 is 14.6 Å². The van der Waals surface area contributed by atoms with Crippen LogP contribution >= 0.6 is 0 Å². The number of ether oxygens (including phenoxy) is 2. The molecule has 0 fully saturated rings. The van der Waals surface area contributed by atoms with Gasteiger partial charge in [0.05, 0.1) is 12.7 Å². The molecule has 2 aromatic carbocycles. The van der Waals surface area contributed by atoms with Crippen LogP contribution in [0.3, 0.4) is 0 Å². The predicted octanol–water partition coefficient (Wildman–Crippen LogP) is 3.86. The molecule has 0 unspecified atom stereocenters. The van der Waals surface area contributed by atoms with Gasteiger partial charge in [-0.3, -0.25) is 14.2 Å². The first-order valence-corrected chi connectivity index (χ1v) is 10.5. The second-order valence-electron chi connectivity index (χ2n) is 7.82. The monoisotopic (exact) mass is 446 g/mol. The van der Waals surface area contributed by atoms with E-state index in [2.05, 4.69) is 0 Å². The average Bonchev–Trinajstić information content (AvgIpc) is 2.80. The van der Waals surface area contributed by atoms with Crippen LogP contribution in [0.2, 0.25) is 0 Å². The summed E-state index contributed by atoms with van der Waals surface area (Å²) in [6.07, 6.45) is 0.415. The third-order valence-electron chi connectivity index (χ3n) is 5.71. The first-order valence-electron chi connectivity index (χ1n) is 10.5. The molecule has 0 aliphatic carbocycles. The lowest BCUT2D eigenvalue weighted by Gasteiger charge is -2.16. The van der Waals surface area contributed by atoms with Crippen molar-refractivity contribution < 1.29 is 19.4 Å². The summed E-state index contributed by atoms with van der Waals surface area (Å²) in [7, 11) is 1.57. The van der Waals surface area contributed by atoms with E-state index in [1.165, 1.54) is 6.92 Å². The molecule has 1 N–H and O–H groups in total. The zero-order valence-corrected chi connectivity index (χ0v) is 19.1. The highest BCUT2D eigenvalue weighted by Gasteiger charge is 2.24. The fourth-order valence-corrected chi connectivity index (χ4v) is 3.55. The third kappa shape index (κ3) is 5.07. The normalized spacial score (nSPS) is 10.5. The maximum absolute atomic E-state index is 13.0. The topological polar surface area (TPSA) is 102 Å². The largest absolute Gasteiger partial charge is 0.497 e. The number of ketones is 1. The van der Waals surface area contributed by atoms with Crippen molar-refractivity contribution in [2.75, 3.05) is 13.7 Å². The summed E-state index contributed by atoms with van der Waals surface area (Å²) in [4.78, 5) is 25.8. The van der Waals surface area contributed by atoms with Crippen molar-refractivity contribution in [2.45, 2.75) is 33.7 Å². The van der Waals surface area contributed by atoms with Gasteiger partial charge in [-0.25, -0.2) is 0 Å². The zero-order valence-electron chi connectivity index (χ0n) is 19.1. The molecule has 0 aliphatic heterocycles. The number of pyridine rings is 1. The standard InChI is InChI=1S/C26H26N2O5/c1-16-5-8-21(13-17(16)2)33-15-23(29)24-18(3)22(14-27)25(30)28(26(24)31)12-11-19-6-9-20(32-4)10-7-19/h5-10,13,31H,11-12,15H2,1-4H3. The Labute approximate surface area is 192 Å². The van der Waals surface area contributed by atoms with Crippen LogP contribution in [0.5, 0.6) is 17.4 Å². The minimum atomic E-state index is -0.632. The van der Waals surface area contributed by atoms with Gasteiger partial charge >= 0.3 is 0 Å². The van der Waals surface area contributed by atoms with Gasteiger partial charge in [-0.2, -0.15) is 5.26 Å². The van der Waals surface area contributed by atoms with E-state index in [1.54, 1.807) is 25.3 Å². The van der Waals surface area contributed by atoms with Gasteiger partial charge in [-0.05, 0) is 73.7 Å². The van der Waals surface area contributed by atoms with Crippen LogP contribution in [0, 0.1) is 32.1 Å². The van der Waals surface area contributed by atoms with E-state index in [9.17, 15) is 20.0 Å². The number of Topliss-reactive ketones (excluding diaryl/α,β-unsaturated/α-hetero) is 1. The van der Waals surface area contributed by atoms with Gasteiger partial charge in [0.15, 0.2) is 6.61 Å². The molecule has 0 saturated heterocycles. The van der Waals surface area contributed by atoms with Crippen molar-refractivity contribution >= 4 is 5.78 Å². The van der Waals surface area contributed by atoms with Crippen molar-refractivity contribution in [3.63, 3.8) is 0 Å². The molecule has 7 heteroatoms. The summed E-state index contributed by atoms with van der Waals surface area (Å²) >= 11 is 0. The van der Waals surface area contributed by atoms with E-state index >= 15 is 0 Å². The van der Waals surface area contributed by atoms with E-state index in [4.69, 9.17) is 9.47 Å². The van der Waals surface area contributed by atoms with Crippen LogP contribution in [-0.4, -0.2) is 29.2 Å². The van der Waals surface area contributed by atoms with Crippen molar-refractivity contribution in [3.05, 3.63) is 86.2 Å². The number of carbonyl (C=O) groups excluding carboxylic acids is 1. The van der Waals surface area contributed by atoms with E-state index in [-0.39, 0.29) is 29.8 Å². The molecule has 1 heterocycles. The molecule has 7 nitrogen and oxygen atoms in total. The molecule has 0 amide bonds. The molecule has 0 spiro atoms. The van der Waals surface area contributed by atoms with Crippen LogP contribution in [-0.2, 0) is 13.0 Å². The van der Waals surface area contributed by atoms with E-state index < -0.39 is 17.2 Å². The molecule has 1 aromatic heterocycles. The molecular weight excluding hydrogens is 420 g/mol. The van der Waals surface area contributed by atoms with Gasteiger partial charge in [0.1, 0.15) is 23.1 Å². The first kappa shape index (κ1) is 23.6. The lowest BCUT2D eigenvalue weighted by Crippen LogP contribution is -2.28. The van der Waals surface area contributed by atoms with Crippen LogP contribution in [0.1, 0.15) is 38.2 Å². The minimum Gasteiger partial charge on any atom is -0.497 e. The van der Waals surface area contributed by atoms with Gasteiger partial charge in [-0.15, -0.1) is 0 Å². The van der Waals surface area contributed by atoms with Crippen LogP contribution < -0.4 is 15.0 Å². The summed E-state index contributed by atoms with van der Waals surface area (Å²) in [5.41, 5.74) is 2.30. The van der Waals surface area contributed by atoms with Crippen LogP contribution in [0.4, 0.5) is 0 Å². The molecular formula is C26H26N2O5. The highest BCUT2D eigenvalue weighted by molar-refractivity contribution is 6.01. The average molecular weight is 447 g/mol. The minimum absolute atomic E-state index is 0.0790. The maximum Gasteiger partial charge on any atom is 0.271 e. The number of aryl methyl sites for hydroxylation is 3. The second kappa shape index (κ2) is 10.0. The summed E-state index contributed by atoms with van der Waals surface area (Å²) in [6.45, 7) is 5.17. The zero-order chi connectivity index (χ0) is 24.1. The summed E-state index contributed by atoms with van der Waals surface area (Å²) in [5, 5.41) is 20.4. The molecule has 3 aromatic rings. The molecule has 0 saturated carbocycles. The fraction of sp³-hybridized carbons (Fsp3) is 0.269. The number of methoxy groups -OCH3 is 1. The van der Waals surface area contributed by atoms with Gasteiger partial charge in [0.2, 0.25) is 11.7 Å². The molecule has 0 aliphatic rings. The number of aromatic nitrogens is 1. The lowest BCUT2D eigenvalue weighted by molar-refractivity contribution is 0.0916. The molecule has 170 valence electrons. The van der Waals surface area contributed by atoms with Gasteiger partial charge in [0, 0.05) is 6.54 Å². The quantitative estimate of drug-likeness (QED) is 0.527. The van der Waals surface area contributed by atoms with Gasteiger partial charge in [0.25, 0.3) is 5.56 Å². The Balaban J connectivity index is 1.88. The van der Waals surface area contributed by atoms with Crippen LogP contribution in [0.15, 0.2) is 47.3 Å². The Morgan fingerprint density at radius 2 is 1.73 bits per heavy atom. The van der Waals surface area contributed by atoms with Crippen molar-refractivity contribution in [1.82, 2.24) is 4.57 Å². The number of hydrogen-bond acceptors (Lipinski definition) is 6. The summed E-state index contributed by atoms with van der Waals surface area (Å²) in [6, 6.07) is 14.7. The second-order valence-corrected chi connectivity index (χ2v) is 7.82. The molecule has 0 radical (unpaired) electrons. The lowest BCUT2D eigenvalue weighted by atomic mass is 10.0. The summed E-state index contributed by atoms with van der Waals surface area (Å²) in [5.74, 6) is 0.256. The number of nitrogens with zero attached hydrogens (tertiary/aromatic N) is 2. The number of rotatable bonds is 8. The Bertz CT molecular complexity index is 1280. The van der Waals surface area contributed by atoms with Crippen molar-refractivity contribution in [3.8, 4) is 23.4 Å². The van der Waals surface area contributed by atoms with Crippen molar-refractivity contribution in [2.24, 2.45) is 0 Å². The number of benzene rings is 2. The van der Waals surface area contributed by atoms with E-state index in [1.807, 2.05) is 44.2 Å². The smallest absolute Gasteiger partial charge is 0.271 e. The molecule has 0 atom stereocenters. The Kier molecular flexibility index (Phi) is 7.19. The van der Waals surface area contributed by atoms with Gasteiger partial charge in [-0.1, -0.05) is 18.2 Å². The number of hydrogen-bond donors (Lipinski definition) is 1.